The van der Waals surface area contributed by atoms with Gasteiger partial charge in [0.1, 0.15) is 21.9 Å². The molecule has 4 heterocycles. The van der Waals surface area contributed by atoms with E-state index in [1.165, 1.54) is 0 Å². The van der Waals surface area contributed by atoms with Gasteiger partial charge in [0.25, 0.3) is 0 Å². The number of halogens is 3. The second kappa shape index (κ2) is 6.72. The molecule has 158 valence electrons. The number of thioether (sulfide) groups is 1. The molecule has 4 aromatic heterocycles. The van der Waals surface area contributed by atoms with E-state index >= 15 is 0 Å². The molecule has 0 atom stereocenters. The molecule has 31 heavy (non-hydrogen) atoms. The highest BCUT2D eigenvalue weighted by atomic mass is 32.2. The van der Waals surface area contributed by atoms with Gasteiger partial charge in [-0.05, 0) is 42.4 Å². The second-order valence-electron chi connectivity index (χ2n) is 7.60. The molecular weight excluding hydrogens is 425 g/mol. The van der Waals surface area contributed by atoms with Gasteiger partial charge in [0, 0.05) is 19.4 Å². The third kappa shape index (κ3) is 3.07. The Kier molecular flexibility index (Phi) is 4.31. The number of hydrogen-bond acceptors (Lipinski definition) is 5. The van der Waals surface area contributed by atoms with Crippen molar-refractivity contribution in [2.45, 2.75) is 36.4 Å². The number of imidazole rings is 2. The zero-order chi connectivity index (χ0) is 22.0. The molecule has 0 spiro atoms. The van der Waals surface area contributed by atoms with E-state index < -0.39 is 17.2 Å². The molecule has 0 N–H and O–H groups in total. The molecule has 1 saturated carbocycles. The lowest BCUT2D eigenvalue weighted by Crippen LogP contribution is -2.05. The molecule has 0 unspecified atom stereocenters. The maximum Gasteiger partial charge on any atom is 0.417 e. The zero-order valence-electron chi connectivity index (χ0n) is 16.7. The molecule has 1 fully saturated rings. The summed E-state index contributed by atoms with van der Waals surface area (Å²) in [4.78, 5) is 13.2. The van der Waals surface area contributed by atoms with Crippen molar-refractivity contribution in [1.82, 2.24) is 23.9 Å². The smallest absolute Gasteiger partial charge is 0.310 e. The molecule has 0 amide bonds. The Labute approximate surface area is 179 Å². The predicted octanol–water partition coefficient (Wildman–Crippen LogP) is 4.97. The summed E-state index contributed by atoms with van der Waals surface area (Å²) in [7, 11) is 1.72. The largest absolute Gasteiger partial charge is 0.417 e. The van der Waals surface area contributed by atoms with Crippen LogP contribution in [0.3, 0.4) is 0 Å². The van der Waals surface area contributed by atoms with Crippen molar-refractivity contribution >= 4 is 28.6 Å². The van der Waals surface area contributed by atoms with E-state index in [1.807, 2.05) is 29.7 Å². The summed E-state index contributed by atoms with van der Waals surface area (Å²) in [5.41, 5.74) is 1.46. The Morgan fingerprint density at radius 2 is 2.03 bits per heavy atom. The summed E-state index contributed by atoms with van der Waals surface area (Å²) >= 11 is 1.58. The molecule has 0 aromatic carbocycles. The van der Waals surface area contributed by atoms with Crippen molar-refractivity contribution in [3.05, 3.63) is 41.7 Å². The molecular formula is C21H17F3N6S. The number of nitrogens with zero attached hydrogens (tertiary/aromatic N) is 6. The van der Waals surface area contributed by atoms with Crippen LogP contribution in [0.2, 0.25) is 0 Å². The number of pyridine rings is 2. The van der Waals surface area contributed by atoms with Crippen molar-refractivity contribution in [3.63, 3.8) is 0 Å². The fourth-order valence-corrected chi connectivity index (χ4v) is 4.61. The average Bonchev–Trinajstić information content (AvgIpc) is 3.38. The lowest BCUT2D eigenvalue weighted by atomic mass is 9.99. The predicted molar refractivity (Wildman–Crippen MR) is 111 cm³/mol. The summed E-state index contributed by atoms with van der Waals surface area (Å²) in [5.74, 6) is 1.23. The minimum absolute atomic E-state index is 0.166. The standard InChI is InChI=1S/C21H17F3N6S/c1-3-31-19-16(28-15-9-12(4-7-30(15)19)20(11-25)5-6-20)18-27-14-8-13(21(22,23)24)10-26-17(14)29(18)2/h4,7-10H,3,5-6H2,1-2H3. The van der Waals surface area contributed by atoms with Gasteiger partial charge in [0.05, 0.1) is 17.0 Å². The topological polar surface area (TPSA) is 71.8 Å². The lowest BCUT2D eigenvalue weighted by Gasteiger charge is -2.07. The van der Waals surface area contributed by atoms with Gasteiger partial charge >= 0.3 is 6.18 Å². The highest BCUT2D eigenvalue weighted by molar-refractivity contribution is 7.99. The van der Waals surface area contributed by atoms with Crippen LogP contribution in [0.1, 0.15) is 30.9 Å². The maximum atomic E-state index is 13.1. The SMILES string of the molecule is CCSc1c(-c2nc3cc(C(F)(F)F)cnc3n2C)nc2cc(C3(C#N)CC3)ccn12. The minimum atomic E-state index is -4.49. The monoisotopic (exact) mass is 442 g/mol. The van der Waals surface area contributed by atoms with E-state index in [-0.39, 0.29) is 5.52 Å². The van der Waals surface area contributed by atoms with Gasteiger partial charge in [-0.3, -0.25) is 4.40 Å². The van der Waals surface area contributed by atoms with Crippen LogP contribution in [0.5, 0.6) is 0 Å². The number of alkyl halides is 3. The first kappa shape index (κ1) is 19.9. The van der Waals surface area contributed by atoms with E-state index in [0.717, 1.165) is 41.4 Å². The molecule has 10 heteroatoms. The number of fused-ring (bicyclic) bond motifs is 2. The van der Waals surface area contributed by atoms with E-state index in [4.69, 9.17) is 4.98 Å². The van der Waals surface area contributed by atoms with Crippen molar-refractivity contribution in [2.24, 2.45) is 7.05 Å². The number of nitriles is 1. The number of rotatable bonds is 4. The Hall–Kier alpha value is -3.06. The van der Waals surface area contributed by atoms with E-state index in [2.05, 4.69) is 16.0 Å². The van der Waals surface area contributed by atoms with Crippen LogP contribution in [0.15, 0.2) is 35.6 Å². The fraction of sp³-hybridized carbons (Fsp3) is 0.333. The van der Waals surface area contributed by atoms with Gasteiger partial charge < -0.3 is 4.57 Å². The van der Waals surface area contributed by atoms with E-state index in [9.17, 15) is 18.4 Å². The molecule has 1 aliphatic carbocycles. The van der Waals surface area contributed by atoms with Gasteiger partial charge in [-0.25, -0.2) is 15.0 Å². The van der Waals surface area contributed by atoms with Gasteiger partial charge in [0.2, 0.25) is 0 Å². The van der Waals surface area contributed by atoms with Crippen LogP contribution in [0.25, 0.3) is 28.3 Å². The Morgan fingerprint density at radius 1 is 1.26 bits per heavy atom. The molecule has 0 radical (unpaired) electrons. The molecule has 0 aliphatic heterocycles. The van der Waals surface area contributed by atoms with Gasteiger partial charge in [0.15, 0.2) is 11.5 Å². The lowest BCUT2D eigenvalue weighted by molar-refractivity contribution is -0.137. The molecule has 4 aromatic rings. The van der Waals surface area contributed by atoms with Crippen LogP contribution < -0.4 is 0 Å². The molecule has 6 nitrogen and oxygen atoms in total. The van der Waals surface area contributed by atoms with Crippen LogP contribution in [0, 0.1) is 11.3 Å². The Bertz CT molecular complexity index is 1370. The molecule has 0 bridgehead atoms. The average molecular weight is 442 g/mol. The molecule has 0 saturated heterocycles. The van der Waals surface area contributed by atoms with Crippen LogP contribution in [-0.2, 0) is 18.6 Å². The second-order valence-corrected chi connectivity index (χ2v) is 8.85. The number of aromatic nitrogens is 5. The molecule has 1 aliphatic rings. The fourth-order valence-electron chi connectivity index (χ4n) is 3.77. The van der Waals surface area contributed by atoms with Crippen LogP contribution in [-0.4, -0.2) is 29.7 Å². The van der Waals surface area contributed by atoms with Crippen LogP contribution >= 0.6 is 11.8 Å². The summed E-state index contributed by atoms with van der Waals surface area (Å²) in [5, 5.41) is 10.4. The number of aryl methyl sites for hydroxylation is 1. The third-order valence-corrected chi connectivity index (χ3v) is 6.58. The summed E-state index contributed by atoms with van der Waals surface area (Å²) in [6.07, 6.45) is -0.0910. The van der Waals surface area contributed by atoms with Crippen molar-refractivity contribution in [1.29, 1.82) is 5.26 Å². The minimum Gasteiger partial charge on any atom is -0.310 e. The first-order valence-corrected chi connectivity index (χ1v) is 10.7. The Morgan fingerprint density at radius 3 is 2.68 bits per heavy atom. The van der Waals surface area contributed by atoms with Crippen LogP contribution in [0.4, 0.5) is 13.2 Å². The van der Waals surface area contributed by atoms with Gasteiger partial charge in [-0.1, -0.05) is 6.92 Å². The first-order chi connectivity index (χ1) is 14.8. The third-order valence-electron chi connectivity index (χ3n) is 5.63. The van der Waals surface area contributed by atoms with E-state index in [1.54, 1.807) is 23.4 Å². The van der Waals surface area contributed by atoms with Crippen molar-refractivity contribution < 1.29 is 13.2 Å². The summed E-state index contributed by atoms with van der Waals surface area (Å²) in [6, 6.07) is 7.27. The van der Waals surface area contributed by atoms with Gasteiger partial charge in [-0.2, -0.15) is 18.4 Å². The number of hydrogen-bond donors (Lipinski definition) is 0. The van der Waals surface area contributed by atoms with Gasteiger partial charge in [-0.15, -0.1) is 11.8 Å². The summed E-state index contributed by atoms with van der Waals surface area (Å²) < 4.78 is 42.9. The Balaban J connectivity index is 1.70. The highest BCUT2D eigenvalue weighted by Crippen LogP contribution is 2.48. The quantitative estimate of drug-likeness (QED) is 0.418. The molecule has 5 rings (SSSR count). The highest BCUT2D eigenvalue weighted by Gasteiger charge is 2.45. The normalized spacial score (nSPS) is 15.5. The zero-order valence-corrected chi connectivity index (χ0v) is 17.5. The van der Waals surface area contributed by atoms with Crippen molar-refractivity contribution in [3.8, 4) is 17.6 Å². The van der Waals surface area contributed by atoms with E-state index in [0.29, 0.717) is 22.8 Å². The first-order valence-electron chi connectivity index (χ1n) is 9.74. The summed E-state index contributed by atoms with van der Waals surface area (Å²) in [6.45, 7) is 2.02. The van der Waals surface area contributed by atoms with Crippen molar-refractivity contribution in [2.75, 3.05) is 5.75 Å². The maximum absolute atomic E-state index is 13.1.